The van der Waals surface area contributed by atoms with Crippen LogP contribution in [0.5, 0.6) is 0 Å². The number of carboxylic acid groups (broad SMARTS) is 1. The Kier molecular flexibility index (Phi) is 14.6. The van der Waals surface area contributed by atoms with Crippen molar-refractivity contribution >= 4 is 48.1 Å². The van der Waals surface area contributed by atoms with E-state index < -0.39 is 41.8 Å². The molecule has 8 N–H and O–H groups in total. The number of carbonyl (C=O) groups excluding carboxylic acids is 3. The number of nitrogens with two attached hydrogens (primary N) is 2. The van der Waals surface area contributed by atoms with Crippen LogP contribution in [0.3, 0.4) is 0 Å². The second-order valence-corrected chi connectivity index (χ2v) is 7.44. The second-order valence-electron chi connectivity index (χ2n) is 6.09. The monoisotopic (exact) mass is 437 g/mol. The summed E-state index contributed by atoms with van der Waals surface area (Å²) >= 11 is 5.37. The first-order valence-corrected chi connectivity index (χ1v) is 10.9. The van der Waals surface area contributed by atoms with E-state index in [0.29, 0.717) is 31.6 Å². The molecule has 3 atom stereocenters. The molecule has 0 aromatic rings. The van der Waals surface area contributed by atoms with Crippen molar-refractivity contribution < 1.29 is 24.3 Å². The van der Waals surface area contributed by atoms with Gasteiger partial charge in [0.05, 0.1) is 12.6 Å². The molecule has 0 heterocycles. The number of unbranched alkanes of at least 4 members (excludes halogenated alkanes) is 1. The first-order valence-electron chi connectivity index (χ1n) is 8.92. The van der Waals surface area contributed by atoms with Crippen LogP contribution < -0.4 is 27.4 Å². The Bertz CT molecular complexity index is 524. The van der Waals surface area contributed by atoms with Crippen LogP contribution in [0.1, 0.15) is 25.7 Å². The lowest BCUT2D eigenvalue weighted by Gasteiger charge is -2.21. The minimum absolute atomic E-state index is 0.0810. The highest BCUT2D eigenvalue weighted by Crippen LogP contribution is 2.02. The summed E-state index contributed by atoms with van der Waals surface area (Å²) in [6.45, 7) is 0.188. The molecule has 0 saturated carbocycles. The van der Waals surface area contributed by atoms with E-state index in [2.05, 4.69) is 28.6 Å². The van der Waals surface area contributed by atoms with Gasteiger partial charge in [-0.05, 0) is 37.8 Å². The third-order valence-electron chi connectivity index (χ3n) is 3.79. The smallest absolute Gasteiger partial charge is 0.327 e. The van der Waals surface area contributed by atoms with E-state index in [0.717, 1.165) is 6.42 Å². The van der Waals surface area contributed by atoms with Gasteiger partial charge in [0.2, 0.25) is 17.7 Å². The van der Waals surface area contributed by atoms with Crippen molar-refractivity contribution in [3.63, 3.8) is 0 Å². The standard InChI is InChI=1S/C16H31N5O5S2/c1-28-7-5-11(15(24)21-12(9-27)16(25)26)20-13(22)8-19-14(23)10(18)4-2-3-6-17/h10-12,27H,2-9,17-18H2,1H3,(H,19,23)(H,20,22)(H,21,24)(H,25,26). The van der Waals surface area contributed by atoms with Crippen molar-refractivity contribution in [1.82, 2.24) is 16.0 Å². The summed E-state index contributed by atoms with van der Waals surface area (Å²) in [5.74, 6) is -2.36. The fourth-order valence-corrected chi connectivity index (χ4v) is 2.86. The predicted octanol–water partition coefficient (Wildman–Crippen LogP) is -1.70. The number of thioether (sulfide) groups is 1. The highest BCUT2D eigenvalue weighted by Gasteiger charge is 2.25. The van der Waals surface area contributed by atoms with Crippen LogP contribution in [0.15, 0.2) is 0 Å². The highest BCUT2D eigenvalue weighted by atomic mass is 32.2. The molecule has 10 nitrogen and oxygen atoms in total. The van der Waals surface area contributed by atoms with Gasteiger partial charge in [-0.2, -0.15) is 24.4 Å². The molecule has 0 bridgehead atoms. The SMILES string of the molecule is CSCCC(NC(=O)CNC(=O)C(N)CCCCN)C(=O)NC(CS)C(=O)O. The van der Waals surface area contributed by atoms with Crippen molar-refractivity contribution in [2.45, 2.75) is 43.8 Å². The third kappa shape index (κ3) is 11.4. The van der Waals surface area contributed by atoms with Crippen molar-refractivity contribution in [1.29, 1.82) is 0 Å². The van der Waals surface area contributed by atoms with Gasteiger partial charge in [0.1, 0.15) is 12.1 Å². The van der Waals surface area contributed by atoms with Crippen molar-refractivity contribution in [2.75, 3.05) is 30.9 Å². The maximum absolute atomic E-state index is 12.3. The zero-order chi connectivity index (χ0) is 21.5. The van der Waals surface area contributed by atoms with Crippen molar-refractivity contribution in [3.05, 3.63) is 0 Å². The van der Waals surface area contributed by atoms with E-state index in [1.54, 1.807) is 0 Å². The van der Waals surface area contributed by atoms with E-state index in [4.69, 9.17) is 16.6 Å². The lowest BCUT2D eigenvalue weighted by atomic mass is 10.1. The van der Waals surface area contributed by atoms with Gasteiger partial charge in [-0.25, -0.2) is 4.79 Å². The molecule has 0 aliphatic heterocycles. The van der Waals surface area contributed by atoms with Gasteiger partial charge in [0.15, 0.2) is 0 Å². The largest absolute Gasteiger partial charge is 0.480 e. The molecule has 0 aliphatic rings. The molecular weight excluding hydrogens is 406 g/mol. The number of rotatable bonds is 15. The Morgan fingerprint density at radius 2 is 1.75 bits per heavy atom. The number of nitrogens with one attached hydrogen (secondary N) is 3. The van der Waals surface area contributed by atoms with Crippen LogP contribution in [-0.4, -0.2) is 77.8 Å². The second kappa shape index (κ2) is 15.4. The van der Waals surface area contributed by atoms with E-state index in [9.17, 15) is 19.2 Å². The number of hydrogen-bond donors (Lipinski definition) is 7. The first kappa shape index (κ1) is 26.5. The molecular formula is C16H31N5O5S2. The zero-order valence-electron chi connectivity index (χ0n) is 16.0. The van der Waals surface area contributed by atoms with Gasteiger partial charge >= 0.3 is 5.97 Å². The molecule has 0 spiro atoms. The van der Waals surface area contributed by atoms with E-state index >= 15 is 0 Å². The fraction of sp³-hybridized carbons (Fsp3) is 0.750. The molecule has 0 aromatic carbocycles. The summed E-state index contributed by atoms with van der Waals surface area (Å²) < 4.78 is 0. The Morgan fingerprint density at radius 3 is 2.29 bits per heavy atom. The number of thiol groups is 1. The summed E-state index contributed by atoms with van der Waals surface area (Å²) in [6.07, 6.45) is 4.09. The van der Waals surface area contributed by atoms with Crippen LogP contribution in [0.2, 0.25) is 0 Å². The maximum atomic E-state index is 12.3. The Hall–Kier alpha value is -1.50. The summed E-state index contributed by atoms with van der Waals surface area (Å²) in [4.78, 5) is 47.3. The minimum atomic E-state index is -1.21. The molecule has 28 heavy (non-hydrogen) atoms. The summed E-state index contributed by atoms with van der Waals surface area (Å²) in [5.41, 5.74) is 11.1. The normalized spacial score (nSPS) is 13.9. The van der Waals surface area contributed by atoms with Crippen LogP contribution >= 0.6 is 24.4 Å². The topological polar surface area (TPSA) is 177 Å². The van der Waals surface area contributed by atoms with Gasteiger partial charge in [0, 0.05) is 5.75 Å². The van der Waals surface area contributed by atoms with Gasteiger partial charge in [-0.1, -0.05) is 6.42 Å². The highest BCUT2D eigenvalue weighted by molar-refractivity contribution is 7.98. The molecule has 0 aliphatic carbocycles. The van der Waals surface area contributed by atoms with Crippen LogP contribution in [-0.2, 0) is 19.2 Å². The van der Waals surface area contributed by atoms with E-state index in [1.165, 1.54) is 11.8 Å². The van der Waals surface area contributed by atoms with Crippen molar-refractivity contribution in [3.8, 4) is 0 Å². The average molecular weight is 438 g/mol. The molecule has 12 heteroatoms. The van der Waals surface area contributed by atoms with E-state index in [-0.39, 0.29) is 12.3 Å². The predicted molar refractivity (Wildman–Crippen MR) is 112 cm³/mol. The summed E-state index contributed by atoms with van der Waals surface area (Å²) in [7, 11) is 0. The number of hydrogen-bond acceptors (Lipinski definition) is 8. The van der Waals surface area contributed by atoms with Crippen molar-refractivity contribution in [2.24, 2.45) is 11.5 Å². The molecule has 0 aromatic heterocycles. The molecule has 162 valence electrons. The quantitative estimate of drug-likeness (QED) is 0.117. The Labute approximate surface area is 174 Å². The molecule has 3 unspecified atom stereocenters. The number of carboxylic acids is 1. The maximum Gasteiger partial charge on any atom is 0.327 e. The van der Waals surface area contributed by atoms with Crippen LogP contribution in [0, 0.1) is 0 Å². The third-order valence-corrected chi connectivity index (χ3v) is 4.80. The lowest BCUT2D eigenvalue weighted by Crippen LogP contribution is -2.54. The number of amides is 3. The fourth-order valence-electron chi connectivity index (χ4n) is 2.15. The van der Waals surface area contributed by atoms with Crippen LogP contribution in [0.25, 0.3) is 0 Å². The summed E-state index contributed by atoms with van der Waals surface area (Å²) in [6, 6.07) is -2.81. The number of carbonyl (C=O) groups is 4. The number of aliphatic carboxylic acids is 1. The van der Waals surface area contributed by atoms with E-state index in [1.807, 2.05) is 6.26 Å². The van der Waals surface area contributed by atoms with Gasteiger partial charge < -0.3 is 32.5 Å². The minimum Gasteiger partial charge on any atom is -0.480 e. The summed E-state index contributed by atoms with van der Waals surface area (Å²) in [5, 5.41) is 16.3. The molecule has 0 radical (unpaired) electrons. The first-order chi connectivity index (χ1) is 13.3. The Balaban J connectivity index is 4.61. The molecule has 0 fully saturated rings. The van der Waals surface area contributed by atoms with Crippen LogP contribution in [0.4, 0.5) is 0 Å². The molecule has 3 amide bonds. The Morgan fingerprint density at radius 1 is 1.07 bits per heavy atom. The lowest BCUT2D eigenvalue weighted by molar-refractivity contribution is -0.141. The molecule has 0 rings (SSSR count). The van der Waals surface area contributed by atoms with Gasteiger partial charge in [-0.3, -0.25) is 14.4 Å². The average Bonchev–Trinajstić information content (AvgIpc) is 2.66. The molecule has 0 saturated heterocycles. The van der Waals surface area contributed by atoms with Gasteiger partial charge in [-0.15, -0.1) is 0 Å². The zero-order valence-corrected chi connectivity index (χ0v) is 17.7. The van der Waals surface area contributed by atoms with Gasteiger partial charge in [0.25, 0.3) is 0 Å².